The lowest BCUT2D eigenvalue weighted by molar-refractivity contribution is 0.338. The molecule has 2 atom stereocenters. The summed E-state index contributed by atoms with van der Waals surface area (Å²) in [4.78, 5) is 0. The van der Waals surface area contributed by atoms with Crippen molar-refractivity contribution in [2.24, 2.45) is 5.92 Å². The molecule has 0 aromatic heterocycles. The van der Waals surface area contributed by atoms with E-state index in [2.05, 4.69) is 23.7 Å². The largest absolute Gasteiger partial charge is 0.321 e. The van der Waals surface area contributed by atoms with E-state index in [1.807, 2.05) is 0 Å². The molecule has 0 N–H and O–H groups in total. The van der Waals surface area contributed by atoms with Crippen LogP contribution < -0.4 is 0 Å². The van der Waals surface area contributed by atoms with E-state index in [1.165, 1.54) is 25.4 Å². The monoisotopic (exact) mass is 208 g/mol. The molecule has 2 rings (SSSR count). The summed E-state index contributed by atoms with van der Waals surface area (Å²) in [5, 5.41) is 8.90. The summed E-state index contributed by atoms with van der Waals surface area (Å²) in [7, 11) is -1.05. The van der Waals surface area contributed by atoms with Gasteiger partial charge in [0.05, 0.1) is 6.07 Å². The Bertz CT molecular complexity index is 257. The van der Waals surface area contributed by atoms with Crippen molar-refractivity contribution in [1.82, 2.24) is 4.57 Å². The highest BCUT2D eigenvalue weighted by Crippen LogP contribution is 2.36. The van der Waals surface area contributed by atoms with Gasteiger partial charge in [0.25, 0.3) is 0 Å². The molecule has 0 spiro atoms. The van der Waals surface area contributed by atoms with Gasteiger partial charge in [-0.2, -0.15) is 5.26 Å². The van der Waals surface area contributed by atoms with E-state index in [0.717, 1.165) is 18.9 Å². The van der Waals surface area contributed by atoms with E-state index in [9.17, 15) is 0 Å². The van der Waals surface area contributed by atoms with Gasteiger partial charge >= 0.3 is 0 Å². The molecule has 0 aromatic carbocycles. The summed E-state index contributed by atoms with van der Waals surface area (Å²) in [5.41, 5.74) is 0. The molecule has 1 aliphatic heterocycles. The topological polar surface area (TPSA) is 27.0 Å². The molecule has 14 heavy (non-hydrogen) atoms. The van der Waals surface area contributed by atoms with Gasteiger partial charge < -0.3 is 4.57 Å². The van der Waals surface area contributed by atoms with E-state index in [-0.39, 0.29) is 0 Å². The molecule has 3 heteroatoms. The second-order valence-electron chi connectivity index (χ2n) is 5.40. The minimum Gasteiger partial charge on any atom is -0.321 e. The molecule has 1 saturated carbocycles. The Morgan fingerprint density at radius 2 is 2.14 bits per heavy atom. The van der Waals surface area contributed by atoms with Crippen LogP contribution in [-0.2, 0) is 0 Å². The quantitative estimate of drug-likeness (QED) is 0.619. The molecule has 2 nitrogen and oxygen atoms in total. The minimum absolute atomic E-state index is 0.352. The molecule has 0 aromatic rings. The summed E-state index contributed by atoms with van der Waals surface area (Å²) in [6, 6.07) is 4.65. The van der Waals surface area contributed by atoms with Gasteiger partial charge in [0.2, 0.25) is 0 Å². The van der Waals surface area contributed by atoms with Gasteiger partial charge in [-0.1, -0.05) is 13.1 Å². The van der Waals surface area contributed by atoms with Crippen molar-refractivity contribution in [1.29, 1.82) is 5.26 Å². The maximum absolute atomic E-state index is 8.90. The summed E-state index contributed by atoms with van der Waals surface area (Å²) in [5.74, 6) is 0.352. The van der Waals surface area contributed by atoms with Gasteiger partial charge in [0.1, 0.15) is 8.24 Å². The van der Waals surface area contributed by atoms with E-state index < -0.39 is 8.24 Å². The highest BCUT2D eigenvalue weighted by molar-refractivity contribution is 6.75. The van der Waals surface area contributed by atoms with E-state index in [0.29, 0.717) is 5.92 Å². The summed E-state index contributed by atoms with van der Waals surface area (Å²) >= 11 is 0. The van der Waals surface area contributed by atoms with E-state index in [1.54, 1.807) is 0 Å². The Morgan fingerprint density at radius 1 is 1.36 bits per heavy atom. The van der Waals surface area contributed by atoms with Crippen molar-refractivity contribution in [3.05, 3.63) is 0 Å². The van der Waals surface area contributed by atoms with Crippen LogP contribution in [0.1, 0.15) is 25.7 Å². The Morgan fingerprint density at radius 3 is 2.64 bits per heavy atom. The standard InChI is InChI=1S/C11H20N2Si/c1-14(2)7-3-6-13(14)11-5-4-10(8-11)9-12/h10-11H,3-8H2,1-2H3. The molecule has 78 valence electrons. The minimum atomic E-state index is -1.05. The van der Waals surface area contributed by atoms with Gasteiger partial charge in [-0.25, -0.2) is 0 Å². The Balaban J connectivity index is 2.00. The average molecular weight is 208 g/mol. The number of hydrogen-bond acceptors (Lipinski definition) is 2. The predicted octanol–water partition coefficient (Wildman–Crippen LogP) is 2.59. The fourth-order valence-corrected chi connectivity index (χ4v) is 6.46. The van der Waals surface area contributed by atoms with Crippen molar-refractivity contribution >= 4 is 8.24 Å². The van der Waals surface area contributed by atoms with E-state index in [4.69, 9.17) is 5.26 Å². The summed E-state index contributed by atoms with van der Waals surface area (Å²) in [6.07, 6.45) is 4.96. The van der Waals surface area contributed by atoms with Crippen LogP contribution in [-0.4, -0.2) is 25.4 Å². The second-order valence-corrected chi connectivity index (χ2v) is 10.1. The Hall–Kier alpha value is -0.333. The Kier molecular flexibility index (Phi) is 2.67. The third-order valence-corrected chi connectivity index (χ3v) is 7.71. The van der Waals surface area contributed by atoms with Crippen molar-refractivity contribution in [3.63, 3.8) is 0 Å². The van der Waals surface area contributed by atoms with Crippen molar-refractivity contribution in [2.45, 2.75) is 50.9 Å². The van der Waals surface area contributed by atoms with Crippen molar-refractivity contribution < 1.29 is 0 Å². The molecule has 0 amide bonds. The number of rotatable bonds is 1. The highest BCUT2D eigenvalue weighted by atomic mass is 28.3. The molecular weight excluding hydrogens is 188 g/mol. The molecule has 1 aliphatic carbocycles. The fraction of sp³-hybridized carbons (Fsp3) is 0.909. The van der Waals surface area contributed by atoms with Crippen LogP contribution in [0.3, 0.4) is 0 Å². The maximum atomic E-state index is 8.90. The zero-order chi connectivity index (χ0) is 10.2. The molecule has 0 radical (unpaired) electrons. The van der Waals surface area contributed by atoms with Crippen LogP contribution in [0.4, 0.5) is 0 Å². The van der Waals surface area contributed by atoms with Crippen LogP contribution in [0.15, 0.2) is 0 Å². The molecule has 0 bridgehead atoms. The van der Waals surface area contributed by atoms with Crippen molar-refractivity contribution in [2.75, 3.05) is 6.54 Å². The van der Waals surface area contributed by atoms with Gasteiger partial charge in [-0.15, -0.1) is 0 Å². The molecule has 1 saturated heterocycles. The third-order valence-electron chi connectivity index (χ3n) is 3.99. The predicted molar refractivity (Wildman–Crippen MR) is 60.4 cm³/mol. The van der Waals surface area contributed by atoms with Gasteiger partial charge in [-0.3, -0.25) is 0 Å². The average Bonchev–Trinajstić information content (AvgIpc) is 2.70. The van der Waals surface area contributed by atoms with Gasteiger partial charge in [0.15, 0.2) is 0 Å². The molecule has 2 unspecified atom stereocenters. The maximum Gasteiger partial charge on any atom is 0.122 e. The smallest absolute Gasteiger partial charge is 0.122 e. The molecular formula is C11H20N2Si. The van der Waals surface area contributed by atoms with Gasteiger partial charge in [0, 0.05) is 12.0 Å². The van der Waals surface area contributed by atoms with E-state index >= 15 is 0 Å². The molecule has 2 fully saturated rings. The molecule has 2 aliphatic rings. The lowest BCUT2D eigenvalue weighted by Gasteiger charge is -2.35. The van der Waals surface area contributed by atoms with Crippen LogP contribution in [0, 0.1) is 17.2 Å². The highest BCUT2D eigenvalue weighted by Gasteiger charge is 2.41. The van der Waals surface area contributed by atoms with Crippen molar-refractivity contribution in [3.8, 4) is 6.07 Å². The first-order valence-electron chi connectivity index (χ1n) is 5.80. The SMILES string of the molecule is C[Si]1(C)CCCN1C1CCC(C#N)C1. The van der Waals surface area contributed by atoms with Crippen LogP contribution in [0.2, 0.25) is 19.1 Å². The summed E-state index contributed by atoms with van der Waals surface area (Å²) < 4.78 is 2.78. The lowest BCUT2D eigenvalue weighted by Crippen LogP contribution is -2.48. The zero-order valence-electron chi connectivity index (χ0n) is 9.29. The fourth-order valence-electron chi connectivity index (χ4n) is 3.16. The first-order valence-corrected chi connectivity index (χ1v) is 8.95. The third kappa shape index (κ3) is 1.73. The van der Waals surface area contributed by atoms with Crippen LogP contribution in [0.5, 0.6) is 0 Å². The Labute approximate surface area is 88.0 Å². The van der Waals surface area contributed by atoms with Gasteiger partial charge in [-0.05, 0) is 38.3 Å². The van der Waals surface area contributed by atoms with Crippen LogP contribution >= 0.6 is 0 Å². The lowest BCUT2D eigenvalue weighted by atomic mass is 10.1. The number of hydrogen-bond donors (Lipinski definition) is 0. The molecule has 1 heterocycles. The first-order chi connectivity index (χ1) is 6.63. The summed E-state index contributed by atoms with van der Waals surface area (Å²) in [6.45, 7) is 6.28. The second kappa shape index (κ2) is 3.67. The first kappa shape index (κ1) is 10.2. The number of nitrogens with zero attached hydrogens (tertiary/aromatic N) is 2. The zero-order valence-corrected chi connectivity index (χ0v) is 10.3. The van der Waals surface area contributed by atoms with Crippen LogP contribution in [0.25, 0.3) is 0 Å². The number of nitriles is 1. The normalized spacial score (nSPS) is 37.2.